The fourth-order valence-electron chi connectivity index (χ4n) is 4.35. The lowest BCUT2D eigenvalue weighted by molar-refractivity contribution is 0.0945. The maximum atomic E-state index is 13.1. The zero-order chi connectivity index (χ0) is 21.4. The number of amides is 1. The van der Waals surface area contributed by atoms with Gasteiger partial charge in [0.25, 0.3) is 11.5 Å². The molecule has 1 atom stereocenters. The second-order valence-electron chi connectivity index (χ2n) is 7.92. The molecule has 5 rings (SSSR count). The number of hydrogen-bond donors (Lipinski definition) is 1. The van der Waals surface area contributed by atoms with E-state index in [2.05, 4.69) is 10.2 Å². The lowest BCUT2D eigenvalue weighted by Gasteiger charge is -2.16. The number of rotatable bonds is 5. The summed E-state index contributed by atoms with van der Waals surface area (Å²) in [6, 6.07) is 15.0. The number of fused-ring (bicyclic) bond motifs is 4. The molecule has 7 nitrogen and oxygen atoms in total. The Morgan fingerprint density at radius 1 is 1.16 bits per heavy atom. The molecule has 1 amide bonds. The Morgan fingerprint density at radius 2 is 2.00 bits per heavy atom. The van der Waals surface area contributed by atoms with Crippen molar-refractivity contribution in [3.05, 3.63) is 70.6 Å². The first-order valence-electron chi connectivity index (χ1n) is 10.5. The van der Waals surface area contributed by atoms with Crippen LogP contribution in [0.25, 0.3) is 27.3 Å². The van der Waals surface area contributed by atoms with E-state index in [0.717, 1.165) is 36.8 Å². The monoisotopic (exact) mass is 452 g/mol. The highest BCUT2D eigenvalue weighted by Gasteiger charge is 2.22. The minimum atomic E-state index is -0.230. The smallest absolute Gasteiger partial charge is 0.265 e. The quantitative estimate of drug-likeness (QED) is 0.372. The van der Waals surface area contributed by atoms with E-state index in [1.807, 2.05) is 30.3 Å². The highest BCUT2D eigenvalue weighted by molar-refractivity contribution is 6.07. The molecular formula is C24H25ClN4O3. The van der Waals surface area contributed by atoms with Crippen molar-refractivity contribution in [2.24, 2.45) is 0 Å². The first-order valence-corrected chi connectivity index (χ1v) is 10.5. The Hall–Kier alpha value is -3.00. The Morgan fingerprint density at radius 3 is 2.81 bits per heavy atom. The van der Waals surface area contributed by atoms with Crippen LogP contribution in [-0.4, -0.2) is 59.6 Å². The van der Waals surface area contributed by atoms with Crippen LogP contribution in [-0.2, 0) is 4.74 Å². The van der Waals surface area contributed by atoms with Crippen molar-refractivity contribution < 1.29 is 9.53 Å². The minimum absolute atomic E-state index is 0. The molecule has 0 radical (unpaired) electrons. The van der Waals surface area contributed by atoms with Gasteiger partial charge in [0.2, 0.25) is 0 Å². The van der Waals surface area contributed by atoms with E-state index in [1.165, 1.54) is 4.40 Å². The molecule has 166 valence electrons. The van der Waals surface area contributed by atoms with Gasteiger partial charge in [-0.3, -0.25) is 18.9 Å². The number of nitrogens with one attached hydrogen (secondary N) is 1. The van der Waals surface area contributed by atoms with E-state index >= 15 is 0 Å². The lowest BCUT2D eigenvalue weighted by atomic mass is 10.1. The summed E-state index contributed by atoms with van der Waals surface area (Å²) in [6.07, 6.45) is 2.94. The maximum absolute atomic E-state index is 13.1. The van der Waals surface area contributed by atoms with Crippen LogP contribution in [0.2, 0.25) is 0 Å². The summed E-state index contributed by atoms with van der Waals surface area (Å²) in [6.45, 7) is 3.14. The first-order chi connectivity index (χ1) is 15.2. The molecule has 0 bridgehead atoms. The van der Waals surface area contributed by atoms with Crippen LogP contribution in [0.5, 0.6) is 0 Å². The second-order valence-corrected chi connectivity index (χ2v) is 7.92. The van der Waals surface area contributed by atoms with Gasteiger partial charge in [0, 0.05) is 44.9 Å². The van der Waals surface area contributed by atoms with Gasteiger partial charge in [-0.1, -0.05) is 30.3 Å². The van der Waals surface area contributed by atoms with Gasteiger partial charge in [-0.25, -0.2) is 4.98 Å². The van der Waals surface area contributed by atoms with Gasteiger partial charge >= 0.3 is 0 Å². The molecule has 1 aliphatic rings. The second kappa shape index (κ2) is 9.24. The molecule has 8 heteroatoms. The Kier molecular flexibility index (Phi) is 6.41. The van der Waals surface area contributed by atoms with Crippen molar-refractivity contribution in [3.8, 4) is 0 Å². The van der Waals surface area contributed by atoms with Crippen LogP contribution in [0.4, 0.5) is 0 Å². The van der Waals surface area contributed by atoms with Crippen molar-refractivity contribution in [3.63, 3.8) is 0 Å². The zero-order valence-electron chi connectivity index (χ0n) is 17.8. The molecule has 2 aromatic carbocycles. The van der Waals surface area contributed by atoms with E-state index in [4.69, 9.17) is 9.72 Å². The van der Waals surface area contributed by atoms with Crippen molar-refractivity contribution in [2.75, 3.05) is 33.3 Å². The summed E-state index contributed by atoms with van der Waals surface area (Å²) in [5.74, 6) is -0.230. The predicted molar refractivity (Wildman–Crippen MR) is 128 cm³/mol. The number of halogens is 1. The third-order valence-electron chi connectivity index (χ3n) is 6.06. The lowest BCUT2D eigenvalue weighted by Crippen LogP contribution is -2.34. The number of likely N-dealkylation sites (tertiary alicyclic amines) is 1. The van der Waals surface area contributed by atoms with Gasteiger partial charge in [0.15, 0.2) is 5.65 Å². The van der Waals surface area contributed by atoms with Crippen LogP contribution in [0.3, 0.4) is 0 Å². The number of methoxy groups -OCH3 is 1. The average Bonchev–Trinajstić information content (AvgIpc) is 3.27. The third kappa shape index (κ3) is 3.95. The Bertz CT molecular complexity index is 1350. The highest BCUT2D eigenvalue weighted by atomic mass is 35.5. The topological polar surface area (TPSA) is 75.9 Å². The molecule has 2 aromatic heterocycles. The van der Waals surface area contributed by atoms with E-state index in [9.17, 15) is 9.59 Å². The fourth-order valence-corrected chi connectivity index (χ4v) is 4.35. The molecule has 0 unspecified atom stereocenters. The average molecular weight is 453 g/mol. The number of pyridine rings is 1. The summed E-state index contributed by atoms with van der Waals surface area (Å²) in [4.78, 5) is 33.1. The Balaban J connectivity index is 0.00000245. The van der Waals surface area contributed by atoms with Crippen LogP contribution >= 0.6 is 12.4 Å². The highest BCUT2D eigenvalue weighted by Crippen LogP contribution is 2.23. The van der Waals surface area contributed by atoms with Crippen LogP contribution in [0.1, 0.15) is 16.8 Å². The molecule has 0 aliphatic carbocycles. The first kappa shape index (κ1) is 22.2. The molecule has 0 spiro atoms. The molecule has 1 N–H and O–H groups in total. The molecular weight excluding hydrogens is 428 g/mol. The molecule has 4 aromatic rings. The van der Waals surface area contributed by atoms with Crippen LogP contribution in [0, 0.1) is 0 Å². The van der Waals surface area contributed by atoms with E-state index < -0.39 is 0 Å². The van der Waals surface area contributed by atoms with Gasteiger partial charge in [-0.2, -0.15) is 0 Å². The minimum Gasteiger partial charge on any atom is -0.380 e. The van der Waals surface area contributed by atoms with Gasteiger partial charge in [-0.05, 0) is 30.0 Å². The number of aromatic nitrogens is 2. The summed E-state index contributed by atoms with van der Waals surface area (Å²) in [5.41, 5.74) is 1.20. The van der Waals surface area contributed by atoms with Crippen molar-refractivity contribution in [1.29, 1.82) is 0 Å². The third-order valence-corrected chi connectivity index (χ3v) is 6.06. The maximum Gasteiger partial charge on any atom is 0.265 e. The standard InChI is InChI=1S/C24H24N4O3.ClH/c1-31-17-10-13-27(15-17)14-11-25-23(29)20-7-4-12-28-22(20)26-21-18-6-3-2-5-16(18)8-9-19(21)24(28)30;/h2-9,12,17H,10-11,13-15H2,1H3,(H,25,29);1H/t17-;/m1./s1. The van der Waals surface area contributed by atoms with E-state index in [-0.39, 0.29) is 30.0 Å². The molecule has 3 heterocycles. The Labute approximate surface area is 191 Å². The normalized spacial score (nSPS) is 16.5. The summed E-state index contributed by atoms with van der Waals surface area (Å²) in [5, 5.41) is 5.42. The molecule has 0 saturated carbocycles. The summed E-state index contributed by atoms with van der Waals surface area (Å²) < 4.78 is 6.85. The number of ether oxygens (including phenoxy) is 1. The number of nitrogens with zero attached hydrogens (tertiary/aromatic N) is 3. The number of carbonyl (C=O) groups is 1. The molecule has 1 saturated heterocycles. The van der Waals surface area contributed by atoms with Crippen molar-refractivity contribution in [2.45, 2.75) is 12.5 Å². The molecule has 32 heavy (non-hydrogen) atoms. The molecule has 1 fully saturated rings. The summed E-state index contributed by atoms with van der Waals surface area (Å²) >= 11 is 0. The van der Waals surface area contributed by atoms with Gasteiger partial charge < -0.3 is 10.1 Å². The van der Waals surface area contributed by atoms with Crippen molar-refractivity contribution >= 4 is 45.6 Å². The van der Waals surface area contributed by atoms with Gasteiger partial charge in [0.1, 0.15) is 0 Å². The number of benzene rings is 2. The van der Waals surface area contributed by atoms with Crippen LogP contribution < -0.4 is 10.9 Å². The predicted octanol–water partition coefficient (Wildman–Crippen LogP) is 2.87. The number of hydrogen-bond acceptors (Lipinski definition) is 5. The van der Waals surface area contributed by atoms with Crippen molar-refractivity contribution in [1.82, 2.24) is 19.6 Å². The largest absolute Gasteiger partial charge is 0.380 e. The van der Waals surface area contributed by atoms with Gasteiger partial charge in [0.05, 0.1) is 22.6 Å². The number of carbonyl (C=O) groups excluding carboxylic acids is 1. The molecule has 1 aliphatic heterocycles. The van der Waals surface area contributed by atoms with Gasteiger partial charge in [-0.15, -0.1) is 12.4 Å². The fraction of sp³-hybridized carbons (Fsp3) is 0.292. The SMILES string of the molecule is CO[C@@H]1CCN(CCNC(=O)c2cccn3c(=O)c4ccc5ccccc5c4nc23)C1.Cl. The van der Waals surface area contributed by atoms with E-state index in [0.29, 0.717) is 28.7 Å². The summed E-state index contributed by atoms with van der Waals surface area (Å²) in [7, 11) is 1.73. The zero-order valence-corrected chi connectivity index (χ0v) is 18.6. The van der Waals surface area contributed by atoms with Crippen LogP contribution in [0.15, 0.2) is 59.5 Å². The van der Waals surface area contributed by atoms with E-state index in [1.54, 1.807) is 31.5 Å².